The topological polar surface area (TPSA) is 74.4 Å². The fourth-order valence-corrected chi connectivity index (χ4v) is 5.98. The molecule has 2 aromatic heterocycles. The standard InChI is InChI=1S/C29H33N5O2/c1-32(27-14-28(35)33(2)26-12-6-22(15-30)31-29(26)27)23-8-10-24(11-9-23)34(16-19-3-4-19)25-7-5-20-17-36-18-21(20)13-25/h5-7,12-14,19,23-24H,3-4,8-11,16-18H2,1-2H3/t23-,24+. The van der Waals surface area contributed by atoms with E-state index in [0.717, 1.165) is 68.1 Å². The minimum atomic E-state index is -0.0549. The van der Waals surface area contributed by atoms with E-state index in [4.69, 9.17) is 4.74 Å². The number of pyridine rings is 2. The highest BCUT2D eigenvalue weighted by molar-refractivity contribution is 5.88. The molecule has 2 fully saturated rings. The van der Waals surface area contributed by atoms with Crippen LogP contribution < -0.4 is 15.4 Å². The average molecular weight is 484 g/mol. The number of hydrogen-bond acceptors (Lipinski definition) is 6. The molecule has 6 rings (SSSR count). The van der Waals surface area contributed by atoms with Crippen molar-refractivity contribution >= 4 is 22.4 Å². The Morgan fingerprint density at radius 2 is 1.78 bits per heavy atom. The van der Waals surface area contributed by atoms with Gasteiger partial charge in [-0.1, -0.05) is 6.07 Å². The third-order valence-electron chi connectivity index (χ3n) is 8.41. The molecule has 7 heteroatoms. The molecule has 186 valence electrons. The number of aryl methyl sites for hydroxylation is 1. The zero-order chi connectivity index (χ0) is 24.8. The molecule has 36 heavy (non-hydrogen) atoms. The van der Waals surface area contributed by atoms with Gasteiger partial charge in [-0.3, -0.25) is 4.79 Å². The fourth-order valence-electron chi connectivity index (χ4n) is 5.98. The number of fused-ring (bicyclic) bond motifs is 2. The molecular weight excluding hydrogens is 450 g/mol. The fraction of sp³-hybridized carbons (Fsp3) is 0.483. The smallest absolute Gasteiger partial charge is 0.252 e. The van der Waals surface area contributed by atoms with E-state index in [1.165, 1.54) is 29.7 Å². The summed E-state index contributed by atoms with van der Waals surface area (Å²) in [7, 11) is 3.83. The van der Waals surface area contributed by atoms with Gasteiger partial charge >= 0.3 is 0 Å². The Kier molecular flexibility index (Phi) is 5.93. The van der Waals surface area contributed by atoms with Gasteiger partial charge < -0.3 is 19.1 Å². The van der Waals surface area contributed by atoms with Crippen molar-refractivity contribution in [3.05, 3.63) is 63.6 Å². The summed E-state index contributed by atoms with van der Waals surface area (Å²) in [5.41, 5.74) is 6.62. The van der Waals surface area contributed by atoms with Gasteiger partial charge in [0, 0.05) is 44.5 Å². The summed E-state index contributed by atoms with van der Waals surface area (Å²) >= 11 is 0. The largest absolute Gasteiger partial charge is 0.372 e. The Morgan fingerprint density at radius 1 is 1.03 bits per heavy atom. The normalized spacial score (nSPS) is 21.2. The van der Waals surface area contributed by atoms with Crippen molar-refractivity contribution in [3.63, 3.8) is 0 Å². The molecule has 1 aromatic carbocycles. The van der Waals surface area contributed by atoms with Gasteiger partial charge in [0.1, 0.15) is 17.3 Å². The van der Waals surface area contributed by atoms with Crippen molar-refractivity contribution in [2.75, 3.05) is 23.4 Å². The maximum absolute atomic E-state index is 12.7. The second kappa shape index (κ2) is 9.25. The van der Waals surface area contributed by atoms with Gasteiger partial charge in [0.15, 0.2) is 0 Å². The van der Waals surface area contributed by atoms with Crippen LogP contribution in [0.4, 0.5) is 11.4 Å². The zero-order valence-corrected chi connectivity index (χ0v) is 21.1. The number of nitriles is 1. The Bertz CT molecular complexity index is 1400. The first-order valence-corrected chi connectivity index (χ1v) is 13.1. The minimum Gasteiger partial charge on any atom is -0.372 e. The molecule has 3 aliphatic rings. The van der Waals surface area contributed by atoms with Crippen LogP contribution >= 0.6 is 0 Å². The molecule has 7 nitrogen and oxygen atoms in total. The molecule has 3 heterocycles. The van der Waals surface area contributed by atoms with E-state index in [1.54, 1.807) is 23.7 Å². The van der Waals surface area contributed by atoms with Crippen molar-refractivity contribution in [3.8, 4) is 6.07 Å². The lowest BCUT2D eigenvalue weighted by Crippen LogP contribution is -2.44. The molecule has 0 saturated heterocycles. The predicted octanol–water partition coefficient (Wildman–Crippen LogP) is 4.50. The molecule has 0 N–H and O–H groups in total. The maximum Gasteiger partial charge on any atom is 0.252 e. The van der Waals surface area contributed by atoms with E-state index in [1.807, 2.05) is 6.07 Å². The third kappa shape index (κ3) is 4.24. The van der Waals surface area contributed by atoms with Crippen molar-refractivity contribution in [1.29, 1.82) is 5.26 Å². The number of nitrogens with zero attached hydrogens (tertiary/aromatic N) is 5. The van der Waals surface area contributed by atoms with Crippen molar-refractivity contribution in [2.45, 2.75) is 63.8 Å². The Labute approximate surface area is 211 Å². The van der Waals surface area contributed by atoms with Crippen molar-refractivity contribution < 1.29 is 4.74 Å². The Hall–Kier alpha value is -3.37. The van der Waals surface area contributed by atoms with E-state index in [0.29, 0.717) is 17.8 Å². The van der Waals surface area contributed by atoms with Gasteiger partial charge in [-0.25, -0.2) is 4.98 Å². The molecular formula is C29H33N5O2. The highest BCUT2D eigenvalue weighted by atomic mass is 16.5. The summed E-state index contributed by atoms with van der Waals surface area (Å²) in [5, 5.41) is 9.39. The van der Waals surface area contributed by atoms with E-state index in [2.05, 4.69) is 46.1 Å². The molecule has 2 saturated carbocycles. The first-order valence-electron chi connectivity index (χ1n) is 13.1. The van der Waals surface area contributed by atoms with Gasteiger partial charge in [0.25, 0.3) is 5.56 Å². The summed E-state index contributed by atoms with van der Waals surface area (Å²) in [6.45, 7) is 2.60. The number of aromatic nitrogens is 2. The van der Waals surface area contributed by atoms with Gasteiger partial charge in [0.05, 0.1) is 24.4 Å². The van der Waals surface area contributed by atoms with Crippen molar-refractivity contribution in [2.24, 2.45) is 13.0 Å². The second-order valence-corrected chi connectivity index (χ2v) is 10.7. The first kappa shape index (κ1) is 23.1. The van der Waals surface area contributed by atoms with Crippen LogP contribution in [0.3, 0.4) is 0 Å². The molecule has 2 aliphatic carbocycles. The maximum atomic E-state index is 12.7. The summed E-state index contributed by atoms with van der Waals surface area (Å²) < 4.78 is 7.27. The van der Waals surface area contributed by atoms with Gasteiger partial charge in [0.2, 0.25) is 0 Å². The number of ether oxygens (including phenoxy) is 1. The van der Waals surface area contributed by atoms with E-state index >= 15 is 0 Å². The van der Waals surface area contributed by atoms with Crippen LogP contribution in [-0.4, -0.2) is 35.2 Å². The lowest BCUT2D eigenvalue weighted by Gasteiger charge is -2.41. The number of rotatable bonds is 6. The van der Waals surface area contributed by atoms with E-state index in [9.17, 15) is 10.1 Å². The lowest BCUT2D eigenvalue weighted by atomic mass is 9.88. The minimum absolute atomic E-state index is 0.0549. The Balaban J connectivity index is 1.23. The van der Waals surface area contributed by atoms with Gasteiger partial charge in [-0.2, -0.15) is 5.26 Å². The van der Waals surface area contributed by atoms with E-state index < -0.39 is 0 Å². The van der Waals surface area contributed by atoms with Crippen LogP contribution in [0.25, 0.3) is 11.0 Å². The SMILES string of the molecule is Cn1c(=O)cc(N(C)[C@H]2CC[C@@H](N(CC3CC3)c3ccc4c(c3)COC4)CC2)c2nc(C#N)ccc21. The molecule has 3 aromatic rings. The van der Waals surface area contributed by atoms with Gasteiger partial charge in [-0.05, 0) is 79.8 Å². The highest BCUT2D eigenvalue weighted by Gasteiger charge is 2.33. The van der Waals surface area contributed by atoms with Crippen LogP contribution in [-0.2, 0) is 25.0 Å². The number of hydrogen-bond donors (Lipinski definition) is 0. The second-order valence-electron chi connectivity index (χ2n) is 10.7. The summed E-state index contributed by atoms with van der Waals surface area (Å²) in [6.07, 6.45) is 7.05. The highest BCUT2D eigenvalue weighted by Crippen LogP contribution is 2.38. The number of benzene rings is 1. The monoisotopic (exact) mass is 483 g/mol. The lowest BCUT2D eigenvalue weighted by molar-refractivity contribution is 0.134. The summed E-state index contributed by atoms with van der Waals surface area (Å²) in [4.78, 5) is 22.2. The average Bonchev–Trinajstić information content (AvgIpc) is 3.62. The van der Waals surface area contributed by atoms with Crippen LogP contribution in [0.15, 0.2) is 41.2 Å². The summed E-state index contributed by atoms with van der Waals surface area (Å²) in [5.74, 6) is 0.821. The zero-order valence-electron chi connectivity index (χ0n) is 21.1. The molecule has 0 bridgehead atoms. The molecule has 0 radical (unpaired) electrons. The quantitative estimate of drug-likeness (QED) is 0.514. The van der Waals surface area contributed by atoms with Crippen molar-refractivity contribution in [1.82, 2.24) is 9.55 Å². The number of anilines is 2. The summed E-state index contributed by atoms with van der Waals surface area (Å²) in [6, 6.07) is 15.1. The van der Waals surface area contributed by atoms with Crippen LogP contribution in [0.2, 0.25) is 0 Å². The molecule has 1 aliphatic heterocycles. The van der Waals surface area contributed by atoms with Crippen LogP contribution in [0.1, 0.15) is 55.3 Å². The Morgan fingerprint density at radius 3 is 2.53 bits per heavy atom. The van der Waals surface area contributed by atoms with Crippen LogP contribution in [0.5, 0.6) is 0 Å². The van der Waals surface area contributed by atoms with Gasteiger partial charge in [-0.15, -0.1) is 0 Å². The third-order valence-corrected chi connectivity index (χ3v) is 8.41. The van der Waals surface area contributed by atoms with Crippen LogP contribution in [0, 0.1) is 17.2 Å². The predicted molar refractivity (Wildman–Crippen MR) is 141 cm³/mol. The molecule has 0 atom stereocenters. The molecule has 0 spiro atoms. The molecule has 0 unspecified atom stereocenters. The first-order chi connectivity index (χ1) is 17.5. The van der Waals surface area contributed by atoms with E-state index in [-0.39, 0.29) is 5.56 Å². The molecule has 0 amide bonds.